The van der Waals surface area contributed by atoms with Gasteiger partial charge >= 0.3 is 0 Å². The smallest absolute Gasteiger partial charge is 0.202 e. The molecule has 0 bridgehead atoms. The second kappa shape index (κ2) is 7.37. The summed E-state index contributed by atoms with van der Waals surface area (Å²) < 4.78 is 6.93. The van der Waals surface area contributed by atoms with E-state index in [0.29, 0.717) is 40.1 Å². The minimum atomic E-state index is -0.113. The number of aryl methyl sites for hydroxylation is 1. The molecule has 4 aromatic rings. The highest BCUT2D eigenvalue weighted by Gasteiger charge is 2.20. The van der Waals surface area contributed by atoms with E-state index in [1.807, 2.05) is 43.3 Å². The third-order valence-corrected chi connectivity index (χ3v) is 5.80. The lowest BCUT2D eigenvalue weighted by Gasteiger charge is -2.16. The Kier molecular flexibility index (Phi) is 4.91. The fraction of sp³-hybridized carbons (Fsp3) is 0.273. The van der Waals surface area contributed by atoms with Crippen LogP contribution in [0.2, 0.25) is 0 Å². The fourth-order valence-electron chi connectivity index (χ4n) is 3.45. The molecule has 0 fully saturated rings. The zero-order valence-electron chi connectivity index (χ0n) is 16.2. The first-order chi connectivity index (χ1) is 13.5. The molecule has 6 heteroatoms. The van der Waals surface area contributed by atoms with E-state index < -0.39 is 0 Å². The van der Waals surface area contributed by atoms with E-state index in [1.54, 1.807) is 6.07 Å². The molecule has 0 aliphatic carbocycles. The van der Waals surface area contributed by atoms with Crippen molar-refractivity contribution in [2.45, 2.75) is 26.3 Å². The van der Waals surface area contributed by atoms with Crippen molar-refractivity contribution in [3.8, 4) is 16.3 Å². The van der Waals surface area contributed by atoms with Crippen molar-refractivity contribution >= 4 is 32.5 Å². The van der Waals surface area contributed by atoms with Crippen LogP contribution < -0.4 is 5.43 Å². The van der Waals surface area contributed by atoms with E-state index in [4.69, 9.17) is 4.42 Å². The summed E-state index contributed by atoms with van der Waals surface area (Å²) in [7, 11) is 3.84. The molecule has 0 amide bonds. The number of nitrogens with zero attached hydrogens (tertiary/aromatic N) is 2. The van der Waals surface area contributed by atoms with Crippen molar-refractivity contribution in [2.24, 2.45) is 0 Å². The fourth-order valence-corrected chi connectivity index (χ4v) is 4.42. The Labute approximate surface area is 166 Å². The van der Waals surface area contributed by atoms with E-state index in [0.717, 1.165) is 22.2 Å². The minimum Gasteiger partial charge on any atom is -0.507 e. The molecule has 0 radical (unpaired) electrons. The third-order valence-electron chi connectivity index (χ3n) is 4.73. The molecule has 0 unspecified atom stereocenters. The van der Waals surface area contributed by atoms with Gasteiger partial charge in [-0.25, -0.2) is 4.98 Å². The van der Waals surface area contributed by atoms with Crippen LogP contribution in [0.1, 0.15) is 24.5 Å². The number of hydrogen-bond donors (Lipinski definition) is 1. The number of fused-ring (bicyclic) bond motifs is 2. The Morgan fingerprint density at radius 3 is 2.75 bits per heavy atom. The molecule has 144 valence electrons. The van der Waals surface area contributed by atoms with Gasteiger partial charge in [-0.1, -0.05) is 25.5 Å². The van der Waals surface area contributed by atoms with Gasteiger partial charge in [-0.15, -0.1) is 11.3 Å². The Morgan fingerprint density at radius 1 is 1.25 bits per heavy atom. The average molecular weight is 394 g/mol. The summed E-state index contributed by atoms with van der Waals surface area (Å²) in [6.45, 7) is 2.54. The van der Waals surface area contributed by atoms with Gasteiger partial charge in [0.25, 0.3) is 0 Å². The first-order valence-corrected chi connectivity index (χ1v) is 10.1. The van der Waals surface area contributed by atoms with Crippen molar-refractivity contribution < 1.29 is 9.52 Å². The molecule has 2 heterocycles. The van der Waals surface area contributed by atoms with E-state index in [1.165, 1.54) is 17.6 Å². The molecule has 28 heavy (non-hydrogen) atoms. The SMILES string of the molecule is CCCc1cc2c(=O)c(-c3nc4ccccc4s3)coc2c(CN(C)C)c1O. The molecule has 4 rings (SSSR count). The maximum absolute atomic E-state index is 13.3. The van der Waals surface area contributed by atoms with Gasteiger partial charge in [-0.3, -0.25) is 4.79 Å². The predicted octanol–water partition coefficient (Wildman–Crippen LogP) is 4.79. The summed E-state index contributed by atoms with van der Waals surface area (Å²) in [6.07, 6.45) is 3.05. The second-order valence-electron chi connectivity index (χ2n) is 7.19. The summed E-state index contributed by atoms with van der Waals surface area (Å²) >= 11 is 1.48. The monoisotopic (exact) mass is 394 g/mol. The standard InChI is InChI=1S/C22H22N2O3S/c1-4-7-13-10-14-20(26)16(22-23-17-8-5-6-9-18(17)28-22)12-27-21(14)15(19(13)25)11-24(2)3/h5-6,8-10,12,25H,4,7,11H2,1-3H3. The second-order valence-corrected chi connectivity index (χ2v) is 8.22. The molecule has 0 saturated heterocycles. The first kappa shape index (κ1) is 18.7. The van der Waals surface area contributed by atoms with Crippen molar-refractivity contribution in [3.05, 3.63) is 57.9 Å². The molecular formula is C22H22N2O3S. The number of benzene rings is 2. The zero-order valence-corrected chi connectivity index (χ0v) is 17.0. The van der Waals surface area contributed by atoms with Gasteiger partial charge in [0.1, 0.15) is 22.6 Å². The van der Waals surface area contributed by atoms with Gasteiger partial charge in [0, 0.05) is 6.54 Å². The normalized spacial score (nSPS) is 11.7. The van der Waals surface area contributed by atoms with Gasteiger partial charge in [0.2, 0.25) is 5.43 Å². The lowest BCUT2D eigenvalue weighted by Crippen LogP contribution is -2.13. The lowest BCUT2D eigenvalue weighted by molar-refractivity contribution is 0.382. The van der Waals surface area contributed by atoms with E-state index in [-0.39, 0.29) is 11.2 Å². The predicted molar refractivity (Wildman–Crippen MR) is 114 cm³/mol. The molecule has 0 spiro atoms. The summed E-state index contributed by atoms with van der Waals surface area (Å²) in [5, 5.41) is 11.9. The molecule has 0 aliphatic rings. The first-order valence-electron chi connectivity index (χ1n) is 9.29. The Bertz CT molecular complexity index is 1190. The number of hydrogen-bond acceptors (Lipinski definition) is 6. The highest BCUT2D eigenvalue weighted by Crippen LogP contribution is 2.34. The van der Waals surface area contributed by atoms with Crippen LogP contribution >= 0.6 is 11.3 Å². The Balaban J connectivity index is 1.97. The van der Waals surface area contributed by atoms with Crippen LogP contribution in [0.3, 0.4) is 0 Å². The van der Waals surface area contributed by atoms with Crippen LogP contribution in [0.15, 0.2) is 45.8 Å². The number of phenols is 1. The van der Waals surface area contributed by atoms with Gasteiger partial charge in [0.15, 0.2) is 0 Å². The molecule has 2 aromatic heterocycles. The van der Waals surface area contributed by atoms with Crippen molar-refractivity contribution in [2.75, 3.05) is 14.1 Å². The average Bonchev–Trinajstić information content (AvgIpc) is 3.09. The van der Waals surface area contributed by atoms with E-state index in [2.05, 4.69) is 11.9 Å². The van der Waals surface area contributed by atoms with Crippen LogP contribution in [-0.4, -0.2) is 29.1 Å². The molecule has 0 saturated carbocycles. The maximum Gasteiger partial charge on any atom is 0.202 e. The molecule has 0 atom stereocenters. The maximum atomic E-state index is 13.3. The number of thiazole rings is 1. The van der Waals surface area contributed by atoms with Crippen molar-refractivity contribution in [1.29, 1.82) is 0 Å². The van der Waals surface area contributed by atoms with Gasteiger partial charge in [0.05, 0.1) is 26.7 Å². The highest BCUT2D eigenvalue weighted by atomic mass is 32.1. The van der Waals surface area contributed by atoms with E-state index in [9.17, 15) is 9.90 Å². The third kappa shape index (κ3) is 3.19. The van der Waals surface area contributed by atoms with Crippen molar-refractivity contribution in [3.63, 3.8) is 0 Å². The van der Waals surface area contributed by atoms with Crippen LogP contribution in [0.5, 0.6) is 5.75 Å². The number of rotatable bonds is 5. The summed E-state index contributed by atoms with van der Waals surface area (Å²) in [6, 6.07) is 9.59. The summed E-state index contributed by atoms with van der Waals surface area (Å²) in [5.41, 5.74) is 3.09. The van der Waals surface area contributed by atoms with Crippen LogP contribution in [-0.2, 0) is 13.0 Å². The molecule has 2 aromatic carbocycles. The lowest BCUT2D eigenvalue weighted by atomic mass is 9.99. The quantitative estimate of drug-likeness (QED) is 0.527. The largest absolute Gasteiger partial charge is 0.507 e. The van der Waals surface area contributed by atoms with Gasteiger partial charge < -0.3 is 14.4 Å². The van der Waals surface area contributed by atoms with Crippen molar-refractivity contribution in [1.82, 2.24) is 9.88 Å². The van der Waals surface area contributed by atoms with Crippen LogP contribution in [0, 0.1) is 0 Å². The zero-order chi connectivity index (χ0) is 19.8. The highest BCUT2D eigenvalue weighted by molar-refractivity contribution is 7.21. The van der Waals surface area contributed by atoms with Crippen LogP contribution in [0.4, 0.5) is 0 Å². The number of aromatic hydroxyl groups is 1. The number of aromatic nitrogens is 1. The molecule has 5 nitrogen and oxygen atoms in total. The topological polar surface area (TPSA) is 66.6 Å². The number of phenolic OH excluding ortho intramolecular Hbond substituents is 1. The molecule has 0 aliphatic heterocycles. The van der Waals surface area contributed by atoms with Gasteiger partial charge in [-0.2, -0.15) is 0 Å². The Morgan fingerprint density at radius 2 is 2.04 bits per heavy atom. The minimum absolute atomic E-state index is 0.113. The summed E-state index contributed by atoms with van der Waals surface area (Å²) in [5.74, 6) is 0.221. The van der Waals surface area contributed by atoms with Gasteiger partial charge in [-0.05, 0) is 44.3 Å². The van der Waals surface area contributed by atoms with E-state index >= 15 is 0 Å². The molecular weight excluding hydrogens is 372 g/mol. The molecule has 1 N–H and O–H groups in total. The summed E-state index contributed by atoms with van der Waals surface area (Å²) in [4.78, 5) is 19.9. The van der Waals surface area contributed by atoms with Crippen LogP contribution in [0.25, 0.3) is 31.8 Å². The number of para-hydroxylation sites is 1. The Hall–Kier alpha value is -2.70.